The predicted octanol–water partition coefficient (Wildman–Crippen LogP) is 2.93. The number of piperidine rings is 1. The number of fused-ring (bicyclic) bond motifs is 1. The molecule has 0 saturated carbocycles. The van der Waals surface area contributed by atoms with Crippen LogP contribution in [0.3, 0.4) is 0 Å². The van der Waals surface area contributed by atoms with Crippen LogP contribution in [0.25, 0.3) is 11.0 Å². The van der Waals surface area contributed by atoms with Crippen molar-refractivity contribution in [2.45, 2.75) is 12.8 Å². The van der Waals surface area contributed by atoms with Crippen LogP contribution in [0.4, 0.5) is 0 Å². The molecule has 21 heavy (non-hydrogen) atoms. The van der Waals surface area contributed by atoms with Crippen molar-refractivity contribution in [1.29, 1.82) is 0 Å². The minimum absolute atomic E-state index is 0. The summed E-state index contributed by atoms with van der Waals surface area (Å²) >= 11 is 0. The fraction of sp³-hybridized carbons (Fsp3) is 0.438. The molecule has 3 rings (SSSR count). The van der Waals surface area contributed by atoms with Crippen LogP contribution >= 0.6 is 12.4 Å². The molecule has 114 valence electrons. The molecular formula is C16H21ClN2O2. The highest BCUT2D eigenvalue weighted by Crippen LogP contribution is 2.24. The second-order valence-electron chi connectivity index (χ2n) is 5.46. The Kier molecular flexibility index (Phi) is 5.26. The topological polar surface area (TPSA) is 45.5 Å². The minimum Gasteiger partial charge on any atom is -0.463 e. The van der Waals surface area contributed by atoms with Gasteiger partial charge in [0, 0.05) is 18.5 Å². The van der Waals surface area contributed by atoms with Crippen LogP contribution in [0.2, 0.25) is 0 Å². The van der Waals surface area contributed by atoms with E-state index >= 15 is 0 Å². The van der Waals surface area contributed by atoms with Crippen LogP contribution in [0.1, 0.15) is 23.2 Å². The Morgan fingerprint density at radius 3 is 3.05 bits per heavy atom. The lowest BCUT2D eigenvalue weighted by molar-refractivity contribution is 0.0675. The lowest BCUT2D eigenvalue weighted by Crippen LogP contribution is -2.42. The van der Waals surface area contributed by atoms with Crippen molar-refractivity contribution in [3.05, 3.63) is 36.1 Å². The van der Waals surface area contributed by atoms with Gasteiger partial charge < -0.3 is 14.6 Å². The smallest absolute Gasteiger partial charge is 0.257 e. The maximum Gasteiger partial charge on any atom is 0.257 e. The van der Waals surface area contributed by atoms with Gasteiger partial charge in [0.15, 0.2) is 0 Å². The SMILES string of the molecule is CNCC1CCCN(C(=O)c2coc3ccccc23)C1.Cl. The van der Waals surface area contributed by atoms with E-state index < -0.39 is 0 Å². The molecule has 2 heterocycles. The van der Waals surface area contributed by atoms with Gasteiger partial charge in [-0.15, -0.1) is 12.4 Å². The zero-order chi connectivity index (χ0) is 13.9. The van der Waals surface area contributed by atoms with Gasteiger partial charge in [0.2, 0.25) is 0 Å². The van der Waals surface area contributed by atoms with Gasteiger partial charge in [-0.05, 0) is 38.4 Å². The third-order valence-electron chi connectivity index (χ3n) is 4.01. The molecule has 1 N–H and O–H groups in total. The average molecular weight is 309 g/mol. The maximum atomic E-state index is 12.7. The van der Waals surface area contributed by atoms with E-state index in [1.54, 1.807) is 6.26 Å². The molecule has 1 aliphatic heterocycles. The van der Waals surface area contributed by atoms with Gasteiger partial charge in [-0.3, -0.25) is 4.79 Å². The number of carbonyl (C=O) groups excluding carboxylic acids is 1. The van der Waals surface area contributed by atoms with Gasteiger partial charge in [0.1, 0.15) is 11.8 Å². The molecule has 1 aromatic carbocycles. The van der Waals surface area contributed by atoms with Gasteiger partial charge in [-0.25, -0.2) is 0 Å². The van der Waals surface area contributed by atoms with Crippen LogP contribution in [0.15, 0.2) is 34.9 Å². The van der Waals surface area contributed by atoms with Crippen molar-refractivity contribution >= 4 is 29.3 Å². The maximum absolute atomic E-state index is 12.7. The molecule has 0 spiro atoms. The normalized spacial score (nSPS) is 18.5. The molecule has 1 aromatic heterocycles. The second-order valence-corrected chi connectivity index (χ2v) is 5.46. The van der Waals surface area contributed by atoms with Crippen LogP contribution in [-0.4, -0.2) is 37.5 Å². The first-order valence-electron chi connectivity index (χ1n) is 7.19. The Balaban J connectivity index is 0.00000161. The van der Waals surface area contributed by atoms with E-state index in [1.165, 1.54) is 6.42 Å². The van der Waals surface area contributed by atoms with Crippen LogP contribution in [0, 0.1) is 5.92 Å². The fourth-order valence-corrected chi connectivity index (χ4v) is 3.02. The monoisotopic (exact) mass is 308 g/mol. The van der Waals surface area contributed by atoms with E-state index in [4.69, 9.17) is 4.42 Å². The van der Waals surface area contributed by atoms with Crippen LogP contribution < -0.4 is 5.32 Å². The Labute approximate surface area is 130 Å². The Bertz CT molecular complexity index is 609. The fourth-order valence-electron chi connectivity index (χ4n) is 3.02. The van der Waals surface area contributed by atoms with Crippen molar-refractivity contribution in [2.24, 2.45) is 5.92 Å². The lowest BCUT2D eigenvalue weighted by Gasteiger charge is -2.32. The molecule has 1 saturated heterocycles. The highest BCUT2D eigenvalue weighted by molar-refractivity contribution is 6.05. The summed E-state index contributed by atoms with van der Waals surface area (Å²) in [6.07, 6.45) is 3.86. The molecule has 1 fully saturated rings. The molecular weight excluding hydrogens is 288 g/mol. The summed E-state index contributed by atoms with van der Waals surface area (Å²) in [6, 6.07) is 7.70. The number of benzene rings is 1. The quantitative estimate of drug-likeness (QED) is 0.948. The van der Waals surface area contributed by atoms with Crippen LogP contribution in [0.5, 0.6) is 0 Å². The number of likely N-dealkylation sites (tertiary alicyclic amines) is 1. The summed E-state index contributed by atoms with van der Waals surface area (Å²) in [7, 11) is 1.96. The molecule has 1 aliphatic rings. The molecule has 1 unspecified atom stereocenters. The number of nitrogens with zero attached hydrogens (tertiary/aromatic N) is 1. The molecule has 1 amide bonds. The van der Waals surface area contributed by atoms with Crippen molar-refractivity contribution in [3.8, 4) is 0 Å². The third kappa shape index (κ3) is 3.22. The van der Waals surface area contributed by atoms with E-state index in [0.717, 1.165) is 37.0 Å². The number of furan rings is 1. The molecule has 5 heteroatoms. The number of carbonyl (C=O) groups is 1. The molecule has 2 aromatic rings. The first-order valence-corrected chi connectivity index (χ1v) is 7.19. The number of hydrogen-bond donors (Lipinski definition) is 1. The first kappa shape index (κ1) is 15.9. The van der Waals surface area contributed by atoms with E-state index in [9.17, 15) is 4.79 Å². The third-order valence-corrected chi connectivity index (χ3v) is 4.01. The summed E-state index contributed by atoms with van der Waals surface area (Å²) in [5.41, 5.74) is 1.46. The molecule has 4 nitrogen and oxygen atoms in total. The standard InChI is InChI=1S/C16H20N2O2.ClH/c1-17-9-12-5-4-8-18(10-12)16(19)14-11-20-15-7-3-2-6-13(14)15;/h2-3,6-7,11-12,17H,4-5,8-10H2,1H3;1H. The van der Waals surface area contributed by atoms with Gasteiger partial charge in [0.25, 0.3) is 5.91 Å². The summed E-state index contributed by atoms with van der Waals surface area (Å²) in [4.78, 5) is 14.6. The number of nitrogens with one attached hydrogen (secondary N) is 1. The van der Waals surface area contributed by atoms with Gasteiger partial charge in [-0.1, -0.05) is 18.2 Å². The van der Waals surface area contributed by atoms with Gasteiger partial charge in [-0.2, -0.15) is 0 Å². The van der Waals surface area contributed by atoms with E-state index in [2.05, 4.69) is 5.32 Å². The highest BCUT2D eigenvalue weighted by atomic mass is 35.5. The molecule has 0 radical (unpaired) electrons. The highest BCUT2D eigenvalue weighted by Gasteiger charge is 2.26. The Morgan fingerprint density at radius 2 is 2.24 bits per heavy atom. The summed E-state index contributed by atoms with van der Waals surface area (Å²) < 4.78 is 5.48. The van der Waals surface area contributed by atoms with Crippen molar-refractivity contribution in [2.75, 3.05) is 26.7 Å². The predicted molar refractivity (Wildman–Crippen MR) is 86.0 cm³/mol. The lowest BCUT2D eigenvalue weighted by atomic mass is 9.97. The van der Waals surface area contributed by atoms with Gasteiger partial charge >= 0.3 is 0 Å². The van der Waals surface area contributed by atoms with Gasteiger partial charge in [0.05, 0.1) is 5.56 Å². The van der Waals surface area contributed by atoms with E-state index in [-0.39, 0.29) is 18.3 Å². The molecule has 1 atom stereocenters. The van der Waals surface area contributed by atoms with E-state index in [0.29, 0.717) is 11.5 Å². The number of para-hydroxylation sites is 1. The van der Waals surface area contributed by atoms with Crippen molar-refractivity contribution < 1.29 is 9.21 Å². The summed E-state index contributed by atoms with van der Waals surface area (Å²) in [6.45, 7) is 2.65. The molecule has 0 bridgehead atoms. The zero-order valence-corrected chi connectivity index (χ0v) is 13.0. The minimum atomic E-state index is 0. The van der Waals surface area contributed by atoms with Crippen LogP contribution in [-0.2, 0) is 0 Å². The number of halogens is 1. The number of amides is 1. The summed E-state index contributed by atoms with van der Waals surface area (Å²) in [5, 5.41) is 4.12. The Hall–Kier alpha value is -1.52. The summed E-state index contributed by atoms with van der Waals surface area (Å²) in [5.74, 6) is 0.645. The number of hydrogen-bond acceptors (Lipinski definition) is 3. The molecule has 0 aliphatic carbocycles. The number of rotatable bonds is 3. The Morgan fingerprint density at radius 1 is 1.43 bits per heavy atom. The van der Waals surface area contributed by atoms with Crippen molar-refractivity contribution in [1.82, 2.24) is 10.2 Å². The largest absolute Gasteiger partial charge is 0.463 e. The first-order chi connectivity index (χ1) is 9.79. The average Bonchev–Trinajstić information content (AvgIpc) is 2.91. The second kappa shape index (κ2) is 6.96. The van der Waals surface area contributed by atoms with Crippen molar-refractivity contribution in [3.63, 3.8) is 0 Å². The van der Waals surface area contributed by atoms with E-state index in [1.807, 2.05) is 36.2 Å². The zero-order valence-electron chi connectivity index (χ0n) is 12.2.